The third-order valence-electron chi connectivity index (χ3n) is 6.50. The largest absolute Gasteiger partial charge is 0.349 e. The summed E-state index contributed by atoms with van der Waals surface area (Å²) in [5.41, 5.74) is 8.85. The number of nitrogens with zero attached hydrogens (tertiary/aromatic N) is 4. The van der Waals surface area contributed by atoms with Gasteiger partial charge in [-0.1, -0.05) is 46.7 Å². The molecule has 0 aromatic heterocycles. The molecule has 2 heterocycles. The Bertz CT molecular complexity index is 568. The smallest absolute Gasteiger partial charge is 0.324 e. The number of nitro groups is 1. The minimum atomic E-state index is -1.35. The molecular weight excluding hydrogens is 352 g/mol. The minimum Gasteiger partial charge on any atom is -0.349 e. The second-order valence-corrected chi connectivity index (χ2v) is 7.94. The van der Waals surface area contributed by atoms with E-state index in [9.17, 15) is 10.1 Å². The number of rotatable bonds is 6. The SMILES string of the molecule is CCC1O[C@@H](O[C@H]2C(CC)OC([N+](=O)[O-])C(N=[N+]=[N-])[C@H]2C)C(C)[C@@H](C)[C@H]1C. The summed E-state index contributed by atoms with van der Waals surface area (Å²) in [5.74, 6) is 0.675. The van der Waals surface area contributed by atoms with Crippen LogP contribution in [0.1, 0.15) is 54.4 Å². The quantitative estimate of drug-likeness (QED) is 0.224. The Labute approximate surface area is 160 Å². The fraction of sp³-hybridized carbons (Fsp3) is 1.00. The van der Waals surface area contributed by atoms with Gasteiger partial charge in [-0.05, 0) is 30.2 Å². The predicted molar refractivity (Wildman–Crippen MR) is 99.4 cm³/mol. The maximum absolute atomic E-state index is 11.4. The molecule has 2 aliphatic heterocycles. The zero-order valence-corrected chi connectivity index (χ0v) is 17.0. The van der Waals surface area contributed by atoms with Crippen LogP contribution in [0.2, 0.25) is 0 Å². The van der Waals surface area contributed by atoms with Gasteiger partial charge in [-0.2, -0.15) is 0 Å². The standard InChI is InChI=1S/C18H32N4O5/c1-7-13-10(4)9(3)11(5)18(26-13)27-16-12(6)15(20-21-19)17(22(23)24)25-14(16)8-2/h9-18H,7-8H2,1-6H3/t9-,10+,11?,12+,13?,14?,15?,16+,17?,18-/m0/s1. The van der Waals surface area contributed by atoms with Crippen LogP contribution < -0.4 is 0 Å². The van der Waals surface area contributed by atoms with E-state index >= 15 is 0 Å². The highest BCUT2D eigenvalue weighted by molar-refractivity contribution is 4.93. The lowest BCUT2D eigenvalue weighted by Gasteiger charge is -2.47. The molecule has 0 bridgehead atoms. The first-order valence-corrected chi connectivity index (χ1v) is 9.90. The zero-order chi connectivity index (χ0) is 20.3. The average molecular weight is 384 g/mol. The van der Waals surface area contributed by atoms with Crippen molar-refractivity contribution in [2.75, 3.05) is 0 Å². The van der Waals surface area contributed by atoms with Crippen LogP contribution in [0, 0.1) is 33.8 Å². The van der Waals surface area contributed by atoms with E-state index in [4.69, 9.17) is 19.7 Å². The lowest BCUT2D eigenvalue weighted by atomic mass is 9.78. The Morgan fingerprint density at radius 2 is 1.67 bits per heavy atom. The number of ether oxygens (including phenoxy) is 3. The maximum Gasteiger partial charge on any atom is 0.324 e. The fourth-order valence-corrected chi connectivity index (χ4v) is 4.33. The van der Waals surface area contributed by atoms with Crippen molar-refractivity contribution in [1.29, 1.82) is 0 Å². The molecule has 0 spiro atoms. The van der Waals surface area contributed by atoms with Crippen molar-refractivity contribution in [2.24, 2.45) is 28.8 Å². The Morgan fingerprint density at radius 1 is 1.04 bits per heavy atom. The summed E-state index contributed by atoms with van der Waals surface area (Å²) in [6.45, 7) is 12.3. The van der Waals surface area contributed by atoms with E-state index in [1.807, 2.05) is 13.8 Å². The third kappa shape index (κ3) is 4.37. The van der Waals surface area contributed by atoms with Gasteiger partial charge in [0.2, 0.25) is 0 Å². The second kappa shape index (κ2) is 9.19. The molecule has 0 aromatic rings. The molecule has 27 heavy (non-hydrogen) atoms. The topological polar surface area (TPSA) is 120 Å². The Hall–Kier alpha value is -1.41. The molecule has 0 aliphatic carbocycles. The van der Waals surface area contributed by atoms with Gasteiger partial charge < -0.3 is 14.2 Å². The highest BCUT2D eigenvalue weighted by Crippen LogP contribution is 2.40. The monoisotopic (exact) mass is 384 g/mol. The van der Waals surface area contributed by atoms with E-state index in [2.05, 4.69) is 37.7 Å². The molecular formula is C18H32N4O5. The van der Waals surface area contributed by atoms with Crippen molar-refractivity contribution < 1.29 is 19.1 Å². The van der Waals surface area contributed by atoms with Crippen molar-refractivity contribution >= 4 is 0 Å². The van der Waals surface area contributed by atoms with E-state index < -0.39 is 35.7 Å². The fourth-order valence-electron chi connectivity index (χ4n) is 4.33. The van der Waals surface area contributed by atoms with E-state index in [-0.39, 0.29) is 17.9 Å². The van der Waals surface area contributed by atoms with Gasteiger partial charge in [0.15, 0.2) is 6.29 Å². The van der Waals surface area contributed by atoms with Crippen LogP contribution >= 0.6 is 0 Å². The van der Waals surface area contributed by atoms with Gasteiger partial charge in [-0.3, -0.25) is 10.1 Å². The maximum atomic E-state index is 11.4. The van der Waals surface area contributed by atoms with Crippen molar-refractivity contribution in [2.45, 2.75) is 91.3 Å². The first-order chi connectivity index (χ1) is 12.8. The number of hydrogen-bond acceptors (Lipinski definition) is 6. The molecule has 0 aromatic carbocycles. The summed E-state index contributed by atoms with van der Waals surface area (Å²) in [4.78, 5) is 13.7. The summed E-state index contributed by atoms with van der Waals surface area (Å²) in [6, 6.07) is -0.921. The molecule has 2 aliphatic rings. The van der Waals surface area contributed by atoms with Crippen molar-refractivity contribution in [1.82, 2.24) is 0 Å². The molecule has 2 saturated heterocycles. The Balaban J connectivity index is 2.24. The average Bonchev–Trinajstić information content (AvgIpc) is 2.64. The van der Waals surface area contributed by atoms with Gasteiger partial charge in [0.05, 0.1) is 23.2 Å². The molecule has 0 radical (unpaired) electrons. The van der Waals surface area contributed by atoms with Gasteiger partial charge in [-0.25, -0.2) is 0 Å². The van der Waals surface area contributed by atoms with Crippen LogP contribution in [-0.2, 0) is 14.2 Å². The lowest BCUT2D eigenvalue weighted by Crippen LogP contribution is -2.58. The van der Waals surface area contributed by atoms with Gasteiger partial charge >= 0.3 is 6.23 Å². The van der Waals surface area contributed by atoms with Crippen LogP contribution in [0.5, 0.6) is 0 Å². The molecule has 9 heteroatoms. The molecule has 2 rings (SSSR count). The molecule has 10 atom stereocenters. The first kappa shape index (κ1) is 21.9. The van der Waals surface area contributed by atoms with Crippen LogP contribution in [-0.4, -0.2) is 41.8 Å². The molecule has 0 amide bonds. The minimum absolute atomic E-state index is 0.112. The molecule has 0 N–H and O–H groups in total. The Kier molecular flexibility index (Phi) is 7.45. The number of hydrogen-bond donors (Lipinski definition) is 0. The highest BCUT2D eigenvalue weighted by Gasteiger charge is 2.51. The molecule has 154 valence electrons. The van der Waals surface area contributed by atoms with E-state index in [0.29, 0.717) is 18.3 Å². The van der Waals surface area contributed by atoms with E-state index in [0.717, 1.165) is 6.42 Å². The van der Waals surface area contributed by atoms with Gasteiger partial charge in [0, 0.05) is 16.7 Å². The summed E-state index contributed by atoms with van der Waals surface area (Å²) >= 11 is 0. The summed E-state index contributed by atoms with van der Waals surface area (Å²) in [6.07, 6.45) is -1.08. The van der Waals surface area contributed by atoms with Crippen LogP contribution in [0.15, 0.2) is 5.11 Å². The zero-order valence-electron chi connectivity index (χ0n) is 17.0. The van der Waals surface area contributed by atoms with Crippen LogP contribution in [0.25, 0.3) is 10.4 Å². The van der Waals surface area contributed by atoms with Crippen LogP contribution in [0.3, 0.4) is 0 Å². The van der Waals surface area contributed by atoms with Gasteiger partial charge in [-0.15, -0.1) is 0 Å². The van der Waals surface area contributed by atoms with Crippen LogP contribution in [0.4, 0.5) is 0 Å². The Morgan fingerprint density at radius 3 is 2.19 bits per heavy atom. The molecule has 9 nitrogen and oxygen atoms in total. The third-order valence-corrected chi connectivity index (χ3v) is 6.50. The lowest BCUT2D eigenvalue weighted by molar-refractivity contribution is -0.593. The predicted octanol–water partition coefficient (Wildman–Crippen LogP) is 4.14. The van der Waals surface area contributed by atoms with Gasteiger partial charge in [0.25, 0.3) is 0 Å². The van der Waals surface area contributed by atoms with Crippen molar-refractivity contribution in [3.63, 3.8) is 0 Å². The van der Waals surface area contributed by atoms with E-state index in [1.165, 1.54) is 0 Å². The van der Waals surface area contributed by atoms with Crippen molar-refractivity contribution in [3.05, 3.63) is 20.6 Å². The van der Waals surface area contributed by atoms with Gasteiger partial charge in [0.1, 0.15) is 6.04 Å². The summed E-state index contributed by atoms with van der Waals surface area (Å²) in [5, 5.41) is 15.0. The van der Waals surface area contributed by atoms with Crippen molar-refractivity contribution in [3.8, 4) is 0 Å². The second-order valence-electron chi connectivity index (χ2n) is 7.94. The summed E-state index contributed by atoms with van der Waals surface area (Å²) < 4.78 is 18.3. The number of azide groups is 1. The normalized spacial score (nSPS) is 45.1. The van der Waals surface area contributed by atoms with E-state index in [1.54, 1.807) is 0 Å². The summed E-state index contributed by atoms with van der Waals surface area (Å²) in [7, 11) is 0. The first-order valence-electron chi connectivity index (χ1n) is 9.90. The molecule has 5 unspecified atom stereocenters. The molecule has 2 fully saturated rings. The molecule has 0 saturated carbocycles. The highest BCUT2D eigenvalue weighted by atomic mass is 16.7.